The molecule has 0 N–H and O–H groups in total. The van der Waals surface area contributed by atoms with Gasteiger partial charge in [0.25, 0.3) is 0 Å². The van der Waals surface area contributed by atoms with Crippen LogP contribution < -0.4 is 4.90 Å². The van der Waals surface area contributed by atoms with Gasteiger partial charge in [0.15, 0.2) is 0 Å². The van der Waals surface area contributed by atoms with Crippen LogP contribution in [-0.2, 0) is 0 Å². The average molecular weight is 714 g/mol. The zero-order valence-corrected chi connectivity index (χ0v) is 30.6. The molecule has 262 valence electrons. The van der Waals surface area contributed by atoms with Crippen LogP contribution in [0.3, 0.4) is 0 Å². The quantitative estimate of drug-likeness (QED) is 0.160. The Labute approximate surface area is 325 Å². The molecular formula is C54H35NO. The Morgan fingerprint density at radius 2 is 0.821 bits per heavy atom. The lowest BCUT2D eigenvalue weighted by Crippen LogP contribution is -2.09. The van der Waals surface area contributed by atoms with Crippen molar-refractivity contribution in [2.45, 2.75) is 0 Å². The number of hydrogen-bond donors (Lipinski definition) is 0. The third kappa shape index (κ3) is 5.42. The summed E-state index contributed by atoms with van der Waals surface area (Å²) in [5, 5.41) is 9.70. The zero-order valence-electron chi connectivity index (χ0n) is 30.6. The predicted molar refractivity (Wildman–Crippen MR) is 237 cm³/mol. The third-order valence-corrected chi connectivity index (χ3v) is 11.2. The Balaban J connectivity index is 1.03. The second-order valence-electron chi connectivity index (χ2n) is 14.5. The van der Waals surface area contributed by atoms with E-state index in [1.165, 1.54) is 65.7 Å². The van der Waals surface area contributed by atoms with Crippen molar-refractivity contribution in [1.82, 2.24) is 0 Å². The lowest BCUT2D eigenvalue weighted by atomic mass is 9.93. The summed E-state index contributed by atoms with van der Waals surface area (Å²) in [6.07, 6.45) is 0. The molecule has 56 heavy (non-hydrogen) atoms. The third-order valence-electron chi connectivity index (χ3n) is 11.2. The highest BCUT2D eigenvalue weighted by Crippen LogP contribution is 2.42. The lowest BCUT2D eigenvalue weighted by molar-refractivity contribution is 0.669. The van der Waals surface area contributed by atoms with Crippen LogP contribution >= 0.6 is 0 Å². The molecule has 0 radical (unpaired) electrons. The van der Waals surface area contributed by atoms with E-state index >= 15 is 0 Å². The fourth-order valence-electron chi connectivity index (χ4n) is 8.51. The van der Waals surface area contributed by atoms with E-state index in [-0.39, 0.29) is 0 Å². The summed E-state index contributed by atoms with van der Waals surface area (Å²) >= 11 is 0. The van der Waals surface area contributed by atoms with E-state index in [0.29, 0.717) is 0 Å². The van der Waals surface area contributed by atoms with Gasteiger partial charge in [0, 0.05) is 33.9 Å². The SMILES string of the molecule is c1ccc(-c2ccc(N(c3ccc(-c4cc5ccccc5c5ccccc45)cc3)c3ccc4c(c3)oc3ccc5cc(-c6ccccc6)ccc5c34)cc2)cc1. The number of fused-ring (bicyclic) bond motifs is 8. The molecule has 2 heteroatoms. The van der Waals surface area contributed by atoms with Crippen molar-refractivity contribution < 1.29 is 4.42 Å². The van der Waals surface area contributed by atoms with Crippen LogP contribution in [-0.4, -0.2) is 0 Å². The molecule has 2 nitrogen and oxygen atoms in total. The molecule has 0 fully saturated rings. The maximum absolute atomic E-state index is 6.64. The van der Waals surface area contributed by atoms with Crippen LogP contribution in [0.1, 0.15) is 0 Å². The molecule has 0 saturated carbocycles. The maximum Gasteiger partial charge on any atom is 0.137 e. The molecule has 0 amide bonds. The fraction of sp³-hybridized carbons (Fsp3) is 0. The summed E-state index contributed by atoms with van der Waals surface area (Å²) in [7, 11) is 0. The van der Waals surface area contributed by atoms with E-state index in [1.54, 1.807) is 0 Å². The van der Waals surface area contributed by atoms with Crippen LogP contribution in [0.15, 0.2) is 217 Å². The van der Waals surface area contributed by atoms with Crippen molar-refractivity contribution in [3.8, 4) is 33.4 Å². The number of nitrogens with zero attached hydrogens (tertiary/aromatic N) is 1. The first kappa shape index (κ1) is 32.0. The zero-order chi connectivity index (χ0) is 37.0. The topological polar surface area (TPSA) is 16.4 Å². The Morgan fingerprint density at radius 3 is 1.55 bits per heavy atom. The van der Waals surface area contributed by atoms with Crippen molar-refractivity contribution in [3.63, 3.8) is 0 Å². The second kappa shape index (κ2) is 13.2. The molecule has 0 saturated heterocycles. The summed E-state index contributed by atoms with van der Waals surface area (Å²) in [5.41, 5.74) is 12.2. The van der Waals surface area contributed by atoms with E-state index in [1.807, 2.05) is 0 Å². The average Bonchev–Trinajstić information content (AvgIpc) is 3.66. The van der Waals surface area contributed by atoms with Gasteiger partial charge in [-0.05, 0) is 120 Å². The first-order chi connectivity index (χ1) is 27.7. The highest BCUT2D eigenvalue weighted by atomic mass is 16.3. The smallest absolute Gasteiger partial charge is 0.137 e. The first-order valence-corrected chi connectivity index (χ1v) is 19.2. The van der Waals surface area contributed by atoms with Crippen LogP contribution in [0, 0.1) is 0 Å². The fourth-order valence-corrected chi connectivity index (χ4v) is 8.51. The van der Waals surface area contributed by atoms with Crippen molar-refractivity contribution in [2.24, 2.45) is 0 Å². The van der Waals surface area contributed by atoms with E-state index in [4.69, 9.17) is 4.42 Å². The van der Waals surface area contributed by atoms with E-state index in [2.05, 4.69) is 217 Å². The first-order valence-electron chi connectivity index (χ1n) is 19.2. The minimum absolute atomic E-state index is 0.863. The van der Waals surface area contributed by atoms with Crippen molar-refractivity contribution in [2.75, 3.05) is 4.90 Å². The Kier molecular flexibility index (Phi) is 7.53. The van der Waals surface area contributed by atoms with Crippen molar-refractivity contribution in [3.05, 3.63) is 212 Å². The van der Waals surface area contributed by atoms with E-state index < -0.39 is 0 Å². The maximum atomic E-state index is 6.64. The van der Waals surface area contributed by atoms with Gasteiger partial charge in [-0.3, -0.25) is 0 Å². The highest BCUT2D eigenvalue weighted by molar-refractivity contribution is 6.19. The Morgan fingerprint density at radius 1 is 0.286 bits per heavy atom. The number of furan rings is 1. The Bertz CT molecular complexity index is 3220. The predicted octanol–water partition coefficient (Wildman–Crippen LogP) is 15.5. The van der Waals surface area contributed by atoms with Gasteiger partial charge in [-0.15, -0.1) is 0 Å². The largest absolute Gasteiger partial charge is 0.456 e. The minimum Gasteiger partial charge on any atom is -0.456 e. The molecule has 0 spiro atoms. The minimum atomic E-state index is 0.863. The van der Waals surface area contributed by atoms with Gasteiger partial charge in [0.1, 0.15) is 11.2 Å². The van der Waals surface area contributed by atoms with Crippen LogP contribution in [0.25, 0.3) is 87.6 Å². The number of rotatable bonds is 6. The molecule has 0 atom stereocenters. The molecule has 0 aliphatic heterocycles. The monoisotopic (exact) mass is 713 g/mol. The molecule has 11 aromatic rings. The molecule has 1 heterocycles. The van der Waals surface area contributed by atoms with E-state index in [0.717, 1.165) is 39.0 Å². The molecule has 11 rings (SSSR count). The normalized spacial score (nSPS) is 11.6. The van der Waals surface area contributed by atoms with Crippen LogP contribution in [0.4, 0.5) is 17.1 Å². The van der Waals surface area contributed by atoms with Gasteiger partial charge in [-0.2, -0.15) is 0 Å². The molecular weight excluding hydrogens is 679 g/mol. The molecule has 0 aliphatic rings. The van der Waals surface area contributed by atoms with Gasteiger partial charge < -0.3 is 9.32 Å². The van der Waals surface area contributed by atoms with Crippen molar-refractivity contribution >= 4 is 71.3 Å². The van der Waals surface area contributed by atoms with Crippen LogP contribution in [0.5, 0.6) is 0 Å². The Hall–Kier alpha value is -7.42. The highest BCUT2D eigenvalue weighted by Gasteiger charge is 2.18. The lowest BCUT2D eigenvalue weighted by Gasteiger charge is -2.26. The summed E-state index contributed by atoms with van der Waals surface area (Å²) in [6.45, 7) is 0. The number of hydrogen-bond acceptors (Lipinski definition) is 2. The summed E-state index contributed by atoms with van der Waals surface area (Å²) in [6, 6.07) is 76.3. The summed E-state index contributed by atoms with van der Waals surface area (Å²) in [5.74, 6) is 0. The number of benzene rings is 10. The van der Waals surface area contributed by atoms with Gasteiger partial charge in [-0.25, -0.2) is 0 Å². The second-order valence-corrected chi connectivity index (χ2v) is 14.5. The molecule has 0 bridgehead atoms. The summed E-state index contributed by atoms with van der Waals surface area (Å²) in [4.78, 5) is 2.33. The number of anilines is 3. The molecule has 0 unspecified atom stereocenters. The summed E-state index contributed by atoms with van der Waals surface area (Å²) < 4.78 is 6.64. The van der Waals surface area contributed by atoms with E-state index in [9.17, 15) is 0 Å². The van der Waals surface area contributed by atoms with Crippen molar-refractivity contribution in [1.29, 1.82) is 0 Å². The van der Waals surface area contributed by atoms with Gasteiger partial charge in [-0.1, -0.05) is 152 Å². The van der Waals surface area contributed by atoms with Crippen LogP contribution in [0.2, 0.25) is 0 Å². The molecule has 0 aliphatic carbocycles. The van der Waals surface area contributed by atoms with Gasteiger partial charge in [0.2, 0.25) is 0 Å². The molecule has 1 aromatic heterocycles. The standard InChI is InChI=1S/C54H35NO/c1-3-11-36(12-4-1)38-19-25-43(26-20-38)55(44-27-21-39(22-28-44)51-34-41-15-7-8-16-46(41)48-17-9-10-18-49(48)51)45-29-31-50-53(35-45)56-52-32-24-42-33-40(23-30-47(42)54(50)52)37-13-5-2-6-14-37/h1-35H. The van der Waals surface area contributed by atoms with Gasteiger partial charge >= 0.3 is 0 Å². The van der Waals surface area contributed by atoms with Gasteiger partial charge in [0.05, 0.1) is 0 Å². The molecule has 10 aromatic carbocycles.